The third-order valence-electron chi connectivity index (χ3n) is 2.56. The second kappa shape index (κ2) is 4.33. The van der Waals surface area contributed by atoms with Crippen LogP contribution in [-0.4, -0.2) is 22.3 Å². The summed E-state index contributed by atoms with van der Waals surface area (Å²) in [6.45, 7) is 1.08. The third kappa shape index (κ3) is 2.04. The molecule has 1 aliphatic rings. The van der Waals surface area contributed by atoms with E-state index in [4.69, 9.17) is 10.00 Å². The highest BCUT2D eigenvalue weighted by Gasteiger charge is 2.17. The fraction of sp³-hybridized carbons (Fsp3) is 0.500. The molecule has 1 saturated heterocycles. The van der Waals surface area contributed by atoms with E-state index in [1.54, 1.807) is 6.07 Å². The molecule has 0 spiro atoms. The first-order valence-corrected chi connectivity index (χ1v) is 5.06. The van der Waals surface area contributed by atoms with E-state index in [1.807, 2.05) is 0 Å². The summed E-state index contributed by atoms with van der Waals surface area (Å²) in [4.78, 5) is 24.7. The molecule has 1 N–H and O–H groups in total. The summed E-state index contributed by atoms with van der Waals surface area (Å²) < 4.78 is 6.70. The van der Waals surface area contributed by atoms with Crippen molar-refractivity contribution >= 4 is 0 Å². The van der Waals surface area contributed by atoms with E-state index in [9.17, 15) is 9.59 Å². The lowest BCUT2D eigenvalue weighted by atomic mass is 10.2. The van der Waals surface area contributed by atoms with Crippen molar-refractivity contribution in [3.05, 3.63) is 32.6 Å². The van der Waals surface area contributed by atoms with Crippen LogP contribution in [0.1, 0.15) is 18.4 Å². The number of nitrogens with zero attached hydrogens (tertiary/aromatic N) is 2. The van der Waals surface area contributed by atoms with E-state index >= 15 is 0 Å². The fourth-order valence-electron chi connectivity index (χ4n) is 1.73. The van der Waals surface area contributed by atoms with Gasteiger partial charge in [0.2, 0.25) is 0 Å². The predicted molar refractivity (Wildman–Crippen MR) is 55.0 cm³/mol. The van der Waals surface area contributed by atoms with Crippen LogP contribution in [0, 0.1) is 11.3 Å². The van der Waals surface area contributed by atoms with E-state index in [1.165, 1.54) is 10.8 Å². The molecule has 2 heterocycles. The second-order valence-corrected chi connectivity index (χ2v) is 3.70. The van der Waals surface area contributed by atoms with Crippen LogP contribution in [-0.2, 0) is 11.3 Å². The third-order valence-corrected chi connectivity index (χ3v) is 2.56. The van der Waals surface area contributed by atoms with Crippen molar-refractivity contribution in [1.29, 1.82) is 5.26 Å². The molecule has 16 heavy (non-hydrogen) atoms. The van der Waals surface area contributed by atoms with Crippen molar-refractivity contribution in [2.45, 2.75) is 25.5 Å². The van der Waals surface area contributed by atoms with Gasteiger partial charge in [0.25, 0.3) is 5.56 Å². The molecule has 1 fully saturated rings. The maximum absolute atomic E-state index is 11.4. The Balaban J connectivity index is 2.30. The van der Waals surface area contributed by atoms with Crippen molar-refractivity contribution < 1.29 is 4.74 Å². The molecule has 84 valence electrons. The van der Waals surface area contributed by atoms with Crippen LogP contribution in [0.25, 0.3) is 0 Å². The number of hydrogen-bond donors (Lipinski definition) is 1. The first-order valence-electron chi connectivity index (χ1n) is 5.06. The van der Waals surface area contributed by atoms with Crippen molar-refractivity contribution in [3.63, 3.8) is 0 Å². The van der Waals surface area contributed by atoms with Gasteiger partial charge in [0.1, 0.15) is 11.6 Å². The summed E-state index contributed by atoms with van der Waals surface area (Å²) in [6.07, 6.45) is 3.15. The molecule has 0 bridgehead atoms. The average Bonchev–Trinajstić information content (AvgIpc) is 2.75. The predicted octanol–water partition coefficient (Wildman–Crippen LogP) is -0.413. The fourth-order valence-corrected chi connectivity index (χ4v) is 1.73. The molecule has 0 radical (unpaired) electrons. The highest BCUT2D eigenvalue weighted by atomic mass is 16.5. The number of aromatic amines is 1. The topological polar surface area (TPSA) is 87.9 Å². The summed E-state index contributed by atoms with van der Waals surface area (Å²) in [7, 11) is 0. The quantitative estimate of drug-likeness (QED) is 0.735. The second-order valence-electron chi connectivity index (χ2n) is 3.70. The lowest BCUT2D eigenvalue weighted by Gasteiger charge is -2.10. The monoisotopic (exact) mass is 221 g/mol. The van der Waals surface area contributed by atoms with E-state index in [0.717, 1.165) is 12.8 Å². The smallest absolute Gasteiger partial charge is 0.328 e. The molecule has 1 aliphatic heterocycles. The standard InChI is InChI=1S/C10H11N3O3/c11-4-7-5-13(10(15)12-9(7)14)6-8-2-1-3-16-8/h5,8H,1-3,6H2,(H,12,14,15)/t8-/m0/s1. The molecule has 0 unspecified atom stereocenters. The summed E-state index contributed by atoms with van der Waals surface area (Å²) >= 11 is 0. The zero-order valence-corrected chi connectivity index (χ0v) is 8.60. The molecule has 0 aromatic carbocycles. The summed E-state index contributed by atoms with van der Waals surface area (Å²) in [5, 5.41) is 8.68. The summed E-state index contributed by atoms with van der Waals surface area (Å²) in [5.41, 5.74) is -1.20. The molecule has 1 atom stereocenters. The van der Waals surface area contributed by atoms with Crippen molar-refractivity contribution in [1.82, 2.24) is 9.55 Å². The van der Waals surface area contributed by atoms with E-state index in [-0.39, 0.29) is 11.7 Å². The Morgan fingerprint density at radius 1 is 1.62 bits per heavy atom. The molecule has 0 saturated carbocycles. The molecular weight excluding hydrogens is 210 g/mol. The van der Waals surface area contributed by atoms with Gasteiger partial charge in [-0.25, -0.2) is 4.79 Å². The number of nitriles is 1. The molecular formula is C10H11N3O3. The first-order chi connectivity index (χ1) is 7.70. The number of hydrogen-bond acceptors (Lipinski definition) is 4. The Morgan fingerprint density at radius 2 is 2.44 bits per heavy atom. The molecule has 0 amide bonds. The number of H-pyrrole nitrogens is 1. The van der Waals surface area contributed by atoms with Crippen LogP contribution in [0.4, 0.5) is 0 Å². The van der Waals surface area contributed by atoms with Gasteiger partial charge in [-0.1, -0.05) is 0 Å². The van der Waals surface area contributed by atoms with Gasteiger partial charge in [0.05, 0.1) is 12.6 Å². The van der Waals surface area contributed by atoms with Gasteiger partial charge in [-0.3, -0.25) is 14.3 Å². The lowest BCUT2D eigenvalue weighted by Crippen LogP contribution is -2.33. The summed E-state index contributed by atoms with van der Waals surface area (Å²) in [5.74, 6) is 0. The van der Waals surface area contributed by atoms with Crippen LogP contribution < -0.4 is 11.2 Å². The molecule has 2 rings (SSSR count). The SMILES string of the molecule is N#Cc1cn(C[C@@H]2CCCO2)c(=O)[nH]c1=O. The van der Waals surface area contributed by atoms with Crippen LogP contribution >= 0.6 is 0 Å². The van der Waals surface area contributed by atoms with Gasteiger partial charge in [-0.05, 0) is 12.8 Å². The number of aromatic nitrogens is 2. The Labute approximate surface area is 91.1 Å². The Kier molecular flexibility index (Phi) is 2.88. The zero-order chi connectivity index (χ0) is 11.5. The van der Waals surface area contributed by atoms with Gasteiger partial charge in [0, 0.05) is 12.8 Å². The minimum absolute atomic E-state index is 0.00450. The Hall–Kier alpha value is -1.87. The molecule has 1 aromatic rings. The first kappa shape index (κ1) is 10.6. The van der Waals surface area contributed by atoms with E-state index < -0.39 is 11.2 Å². The maximum atomic E-state index is 11.4. The average molecular weight is 221 g/mol. The van der Waals surface area contributed by atoms with Crippen LogP contribution in [0.2, 0.25) is 0 Å². The molecule has 1 aromatic heterocycles. The normalized spacial score (nSPS) is 19.6. The van der Waals surface area contributed by atoms with Crippen LogP contribution in [0.5, 0.6) is 0 Å². The minimum atomic E-state index is -0.643. The van der Waals surface area contributed by atoms with Crippen LogP contribution in [0.3, 0.4) is 0 Å². The highest BCUT2D eigenvalue weighted by Crippen LogP contribution is 2.12. The highest BCUT2D eigenvalue weighted by molar-refractivity contribution is 5.21. The molecule has 6 nitrogen and oxygen atoms in total. The summed E-state index contributed by atoms with van der Waals surface area (Å²) in [6, 6.07) is 1.74. The Morgan fingerprint density at radius 3 is 3.06 bits per heavy atom. The molecule has 0 aliphatic carbocycles. The van der Waals surface area contributed by atoms with Gasteiger partial charge in [0.15, 0.2) is 0 Å². The van der Waals surface area contributed by atoms with Crippen LogP contribution in [0.15, 0.2) is 15.8 Å². The zero-order valence-electron chi connectivity index (χ0n) is 8.60. The van der Waals surface area contributed by atoms with Gasteiger partial charge in [-0.2, -0.15) is 5.26 Å². The number of nitrogens with one attached hydrogen (secondary N) is 1. The number of rotatable bonds is 2. The maximum Gasteiger partial charge on any atom is 0.328 e. The Bertz CT molecular complexity index is 531. The van der Waals surface area contributed by atoms with Gasteiger partial charge < -0.3 is 4.74 Å². The van der Waals surface area contributed by atoms with Gasteiger partial charge >= 0.3 is 5.69 Å². The van der Waals surface area contributed by atoms with E-state index in [0.29, 0.717) is 13.2 Å². The number of ether oxygens (including phenoxy) is 1. The van der Waals surface area contributed by atoms with Crippen molar-refractivity contribution in [2.75, 3.05) is 6.61 Å². The lowest BCUT2D eigenvalue weighted by molar-refractivity contribution is 0.0957. The van der Waals surface area contributed by atoms with Crippen molar-refractivity contribution in [3.8, 4) is 6.07 Å². The van der Waals surface area contributed by atoms with Crippen molar-refractivity contribution in [2.24, 2.45) is 0 Å². The minimum Gasteiger partial charge on any atom is -0.376 e. The largest absolute Gasteiger partial charge is 0.376 e. The molecule has 6 heteroatoms. The van der Waals surface area contributed by atoms with Gasteiger partial charge in [-0.15, -0.1) is 0 Å². The van der Waals surface area contributed by atoms with E-state index in [2.05, 4.69) is 4.98 Å².